The average molecular weight is 238 g/mol. The van der Waals surface area contributed by atoms with E-state index in [-0.39, 0.29) is 0 Å². The van der Waals surface area contributed by atoms with Gasteiger partial charge in [0.15, 0.2) is 0 Å². The van der Waals surface area contributed by atoms with E-state index in [1.165, 1.54) is 0 Å². The molecule has 2 atom stereocenters. The number of aliphatic hydroxyl groups is 1. The first-order valence-electron chi connectivity index (χ1n) is 5.65. The van der Waals surface area contributed by atoms with Crippen molar-refractivity contribution in [2.45, 2.75) is 25.9 Å². The Kier molecular flexibility index (Phi) is 4.97. The summed E-state index contributed by atoms with van der Waals surface area (Å²) in [7, 11) is 1.56. The molecular weight excluding hydrogens is 220 g/mol. The average Bonchev–Trinajstić information content (AvgIpc) is 2.35. The van der Waals surface area contributed by atoms with Gasteiger partial charge in [0, 0.05) is 0 Å². The lowest BCUT2D eigenvalue weighted by Crippen LogP contribution is -2.21. The second-order valence-electron chi connectivity index (χ2n) is 3.95. The van der Waals surface area contributed by atoms with Crippen molar-refractivity contribution in [1.82, 2.24) is 0 Å². The third-order valence-corrected chi connectivity index (χ3v) is 2.76. The molecule has 0 saturated heterocycles. The van der Waals surface area contributed by atoms with Gasteiger partial charge in [-0.25, -0.2) is 0 Å². The molecule has 0 saturated carbocycles. The van der Waals surface area contributed by atoms with E-state index in [1.807, 2.05) is 6.92 Å². The third kappa shape index (κ3) is 3.46. The number of carboxylic acid groups (broad SMARTS) is 1. The van der Waals surface area contributed by atoms with Crippen LogP contribution in [0.4, 0.5) is 0 Å². The summed E-state index contributed by atoms with van der Waals surface area (Å²) in [6.45, 7) is 1.90. The van der Waals surface area contributed by atoms with Gasteiger partial charge in [-0.1, -0.05) is 25.5 Å². The first-order valence-corrected chi connectivity index (χ1v) is 5.65. The van der Waals surface area contributed by atoms with Crippen LogP contribution in [0.3, 0.4) is 0 Å². The van der Waals surface area contributed by atoms with Gasteiger partial charge in [-0.05, 0) is 24.1 Å². The molecular formula is C13H18O4. The zero-order valence-electron chi connectivity index (χ0n) is 10.1. The van der Waals surface area contributed by atoms with E-state index in [1.54, 1.807) is 31.4 Å². The quantitative estimate of drug-likeness (QED) is 0.797. The van der Waals surface area contributed by atoms with Crippen molar-refractivity contribution >= 4 is 5.97 Å². The largest absolute Gasteiger partial charge is 0.497 e. The molecule has 0 bridgehead atoms. The van der Waals surface area contributed by atoms with Crippen LogP contribution in [0, 0.1) is 5.92 Å². The Hall–Kier alpha value is -1.55. The Morgan fingerprint density at radius 3 is 2.35 bits per heavy atom. The maximum Gasteiger partial charge on any atom is 0.309 e. The standard InChI is InChI=1S/C13H18O4/c1-3-4-11(13(15)16)12(14)9-5-7-10(17-2)8-6-9/h5-8,11-12,14H,3-4H2,1-2H3,(H,15,16). The van der Waals surface area contributed by atoms with Crippen LogP contribution in [-0.4, -0.2) is 23.3 Å². The first-order chi connectivity index (χ1) is 8.10. The molecule has 0 fully saturated rings. The fourth-order valence-electron chi connectivity index (χ4n) is 1.76. The van der Waals surface area contributed by atoms with Gasteiger partial charge in [-0.2, -0.15) is 0 Å². The summed E-state index contributed by atoms with van der Waals surface area (Å²) in [5, 5.41) is 19.1. The molecule has 0 aliphatic carbocycles. The summed E-state index contributed by atoms with van der Waals surface area (Å²) < 4.78 is 5.01. The molecule has 0 spiro atoms. The lowest BCUT2D eigenvalue weighted by molar-refractivity contribution is -0.146. The van der Waals surface area contributed by atoms with Crippen molar-refractivity contribution in [2.24, 2.45) is 5.92 Å². The highest BCUT2D eigenvalue weighted by Crippen LogP contribution is 2.27. The Labute approximate surface area is 101 Å². The van der Waals surface area contributed by atoms with Crippen molar-refractivity contribution in [3.05, 3.63) is 29.8 Å². The van der Waals surface area contributed by atoms with E-state index in [2.05, 4.69) is 0 Å². The molecule has 0 aromatic heterocycles. The molecule has 0 heterocycles. The number of aliphatic carboxylic acids is 1. The van der Waals surface area contributed by atoms with Crippen molar-refractivity contribution in [2.75, 3.05) is 7.11 Å². The number of hydrogen-bond acceptors (Lipinski definition) is 3. The van der Waals surface area contributed by atoms with Crippen LogP contribution in [-0.2, 0) is 4.79 Å². The molecule has 17 heavy (non-hydrogen) atoms. The minimum Gasteiger partial charge on any atom is -0.497 e. The molecule has 0 amide bonds. The highest BCUT2D eigenvalue weighted by molar-refractivity contribution is 5.71. The van der Waals surface area contributed by atoms with Gasteiger partial charge in [-0.3, -0.25) is 4.79 Å². The highest BCUT2D eigenvalue weighted by atomic mass is 16.5. The summed E-state index contributed by atoms with van der Waals surface area (Å²) in [5.41, 5.74) is 0.603. The summed E-state index contributed by atoms with van der Waals surface area (Å²) >= 11 is 0. The number of carbonyl (C=O) groups is 1. The number of aliphatic hydroxyl groups excluding tert-OH is 1. The van der Waals surface area contributed by atoms with E-state index in [9.17, 15) is 9.90 Å². The summed E-state index contributed by atoms with van der Waals surface area (Å²) in [4.78, 5) is 11.0. The minimum atomic E-state index is -0.974. The number of benzene rings is 1. The first kappa shape index (κ1) is 13.5. The van der Waals surface area contributed by atoms with Gasteiger partial charge in [0.25, 0.3) is 0 Å². The zero-order valence-corrected chi connectivity index (χ0v) is 10.1. The molecule has 1 aromatic carbocycles. The second-order valence-corrected chi connectivity index (χ2v) is 3.95. The number of hydrogen-bond donors (Lipinski definition) is 2. The van der Waals surface area contributed by atoms with Crippen LogP contribution in [0.1, 0.15) is 31.4 Å². The minimum absolute atomic E-state index is 0.461. The molecule has 2 N–H and O–H groups in total. The predicted octanol–water partition coefficient (Wildman–Crippen LogP) is 2.23. The van der Waals surface area contributed by atoms with Crippen LogP contribution in [0.15, 0.2) is 24.3 Å². The number of rotatable bonds is 6. The van der Waals surface area contributed by atoms with Crippen LogP contribution in [0.2, 0.25) is 0 Å². The molecule has 0 aliphatic rings. The lowest BCUT2D eigenvalue weighted by Gasteiger charge is -2.19. The van der Waals surface area contributed by atoms with Crippen LogP contribution in [0.25, 0.3) is 0 Å². The van der Waals surface area contributed by atoms with E-state index in [0.29, 0.717) is 17.7 Å². The fraction of sp³-hybridized carbons (Fsp3) is 0.462. The lowest BCUT2D eigenvalue weighted by atomic mass is 9.92. The number of methoxy groups -OCH3 is 1. The van der Waals surface area contributed by atoms with E-state index in [4.69, 9.17) is 9.84 Å². The van der Waals surface area contributed by atoms with Gasteiger partial charge in [0.2, 0.25) is 0 Å². The van der Waals surface area contributed by atoms with E-state index < -0.39 is 18.0 Å². The van der Waals surface area contributed by atoms with Gasteiger partial charge in [0.05, 0.1) is 19.1 Å². The Morgan fingerprint density at radius 1 is 1.35 bits per heavy atom. The molecule has 4 heteroatoms. The van der Waals surface area contributed by atoms with Gasteiger partial charge in [-0.15, -0.1) is 0 Å². The molecule has 1 aromatic rings. The number of carboxylic acids is 1. The SMILES string of the molecule is CCCC(C(=O)O)C(O)c1ccc(OC)cc1. The van der Waals surface area contributed by atoms with Crippen LogP contribution in [0.5, 0.6) is 5.75 Å². The molecule has 0 radical (unpaired) electrons. The summed E-state index contributed by atoms with van der Waals surface area (Å²) in [6.07, 6.45) is 0.213. The normalized spacial score (nSPS) is 14.1. The Balaban J connectivity index is 2.84. The highest BCUT2D eigenvalue weighted by Gasteiger charge is 2.26. The molecule has 2 unspecified atom stereocenters. The molecule has 4 nitrogen and oxygen atoms in total. The monoisotopic (exact) mass is 238 g/mol. The molecule has 1 rings (SSSR count). The number of ether oxygens (including phenoxy) is 1. The van der Waals surface area contributed by atoms with Crippen molar-refractivity contribution in [3.63, 3.8) is 0 Å². The topological polar surface area (TPSA) is 66.8 Å². The molecule has 94 valence electrons. The molecule has 0 aliphatic heterocycles. The fourth-order valence-corrected chi connectivity index (χ4v) is 1.76. The smallest absolute Gasteiger partial charge is 0.309 e. The predicted molar refractivity (Wildman–Crippen MR) is 64.0 cm³/mol. The second kappa shape index (κ2) is 6.25. The maximum absolute atomic E-state index is 11.0. The Bertz CT molecular complexity index is 358. The summed E-state index contributed by atoms with van der Waals surface area (Å²) in [6, 6.07) is 6.80. The van der Waals surface area contributed by atoms with Crippen LogP contribution < -0.4 is 4.74 Å². The van der Waals surface area contributed by atoms with Crippen LogP contribution >= 0.6 is 0 Å². The summed E-state index contributed by atoms with van der Waals surface area (Å²) in [5.74, 6) is -1.04. The van der Waals surface area contributed by atoms with Crippen molar-refractivity contribution in [1.29, 1.82) is 0 Å². The van der Waals surface area contributed by atoms with Gasteiger partial charge in [0.1, 0.15) is 5.75 Å². The third-order valence-electron chi connectivity index (χ3n) is 2.76. The van der Waals surface area contributed by atoms with E-state index >= 15 is 0 Å². The maximum atomic E-state index is 11.0. The van der Waals surface area contributed by atoms with Gasteiger partial charge < -0.3 is 14.9 Å². The van der Waals surface area contributed by atoms with E-state index in [0.717, 1.165) is 6.42 Å². The van der Waals surface area contributed by atoms with Gasteiger partial charge >= 0.3 is 5.97 Å². The van der Waals surface area contributed by atoms with Crippen molar-refractivity contribution in [3.8, 4) is 5.75 Å². The van der Waals surface area contributed by atoms with Crippen molar-refractivity contribution < 1.29 is 19.7 Å². The Morgan fingerprint density at radius 2 is 1.94 bits per heavy atom. The zero-order chi connectivity index (χ0) is 12.8.